The van der Waals surface area contributed by atoms with Crippen LogP contribution in [-0.2, 0) is 0 Å². The van der Waals surface area contributed by atoms with E-state index in [2.05, 4.69) is 9.97 Å². The van der Waals surface area contributed by atoms with Crippen LogP contribution in [0.4, 0.5) is 14.6 Å². The number of nitrogens with zero attached hydrogens (tertiary/aromatic N) is 2. The minimum atomic E-state index is -1.00. The summed E-state index contributed by atoms with van der Waals surface area (Å²) in [5.41, 5.74) is 5.47. The summed E-state index contributed by atoms with van der Waals surface area (Å²) in [7, 11) is 0. The van der Waals surface area contributed by atoms with Gasteiger partial charge in [-0.3, -0.25) is 0 Å². The number of nitrogen functional groups attached to an aromatic ring is 1. The summed E-state index contributed by atoms with van der Waals surface area (Å²) < 4.78 is 30.6. The Morgan fingerprint density at radius 1 is 1.06 bits per heavy atom. The van der Waals surface area contributed by atoms with Crippen LogP contribution >= 0.6 is 0 Å². The van der Waals surface area contributed by atoms with E-state index in [1.807, 2.05) is 0 Å². The minimum absolute atomic E-state index is 0.0495. The van der Waals surface area contributed by atoms with Gasteiger partial charge in [-0.05, 0) is 12.1 Å². The third-order valence-electron chi connectivity index (χ3n) is 1.80. The van der Waals surface area contributed by atoms with E-state index in [4.69, 9.17) is 10.5 Å². The maximum atomic E-state index is 12.9. The zero-order valence-electron chi connectivity index (χ0n) is 8.02. The molecular weight excluding hydrogens is 216 g/mol. The molecule has 4 nitrogen and oxygen atoms in total. The van der Waals surface area contributed by atoms with Gasteiger partial charge in [-0.1, -0.05) is 0 Å². The molecule has 0 spiro atoms. The summed E-state index contributed by atoms with van der Waals surface area (Å²) in [6.45, 7) is 0. The van der Waals surface area contributed by atoms with E-state index >= 15 is 0 Å². The van der Waals surface area contributed by atoms with Crippen LogP contribution in [0.3, 0.4) is 0 Å². The highest BCUT2D eigenvalue weighted by atomic mass is 19.2. The standard InChI is InChI=1S/C10H7F2N3O/c11-7-2-1-6(5-8(7)12)16-10-9(13)14-3-4-15-10/h1-5H,(H2,13,14). The second-order valence-electron chi connectivity index (χ2n) is 2.92. The minimum Gasteiger partial charge on any atom is -0.436 e. The van der Waals surface area contributed by atoms with Crippen LogP contribution in [0.2, 0.25) is 0 Å². The van der Waals surface area contributed by atoms with Crippen LogP contribution in [0.1, 0.15) is 0 Å². The number of rotatable bonds is 2. The van der Waals surface area contributed by atoms with Gasteiger partial charge in [0, 0.05) is 18.5 Å². The van der Waals surface area contributed by atoms with Crippen LogP contribution in [0, 0.1) is 11.6 Å². The Morgan fingerprint density at radius 3 is 2.50 bits per heavy atom. The number of anilines is 1. The van der Waals surface area contributed by atoms with Crippen molar-refractivity contribution in [3.05, 3.63) is 42.2 Å². The predicted molar refractivity (Wildman–Crippen MR) is 52.9 cm³/mol. The summed E-state index contributed by atoms with van der Waals surface area (Å²) in [6, 6.07) is 3.13. The highest BCUT2D eigenvalue weighted by molar-refractivity contribution is 5.41. The molecule has 0 aliphatic carbocycles. The predicted octanol–water partition coefficient (Wildman–Crippen LogP) is 2.13. The van der Waals surface area contributed by atoms with Crippen molar-refractivity contribution in [2.45, 2.75) is 0 Å². The van der Waals surface area contributed by atoms with Crippen LogP contribution in [0.15, 0.2) is 30.6 Å². The Kier molecular flexibility index (Phi) is 2.63. The number of aromatic nitrogens is 2. The molecule has 0 unspecified atom stereocenters. The van der Waals surface area contributed by atoms with E-state index in [1.54, 1.807) is 0 Å². The first-order valence-corrected chi connectivity index (χ1v) is 4.36. The van der Waals surface area contributed by atoms with Gasteiger partial charge in [0.2, 0.25) is 0 Å². The Hall–Kier alpha value is -2.24. The van der Waals surface area contributed by atoms with Crippen molar-refractivity contribution < 1.29 is 13.5 Å². The summed E-state index contributed by atoms with van der Waals surface area (Å²) in [6.07, 6.45) is 2.78. The number of nitrogens with two attached hydrogens (primary N) is 1. The lowest BCUT2D eigenvalue weighted by atomic mass is 10.3. The average molecular weight is 223 g/mol. The number of hydrogen-bond donors (Lipinski definition) is 1. The second kappa shape index (κ2) is 4.09. The molecule has 0 saturated carbocycles. The van der Waals surface area contributed by atoms with Crippen molar-refractivity contribution in [3.63, 3.8) is 0 Å². The van der Waals surface area contributed by atoms with Crippen molar-refractivity contribution in [1.82, 2.24) is 9.97 Å². The SMILES string of the molecule is Nc1nccnc1Oc1ccc(F)c(F)c1. The van der Waals surface area contributed by atoms with E-state index < -0.39 is 11.6 Å². The van der Waals surface area contributed by atoms with Crippen molar-refractivity contribution in [3.8, 4) is 11.6 Å². The summed E-state index contributed by atoms with van der Waals surface area (Å²) in [5.74, 6) is -1.72. The summed E-state index contributed by atoms with van der Waals surface area (Å²) >= 11 is 0. The molecular formula is C10H7F2N3O. The monoisotopic (exact) mass is 223 g/mol. The average Bonchev–Trinajstić information content (AvgIpc) is 2.27. The van der Waals surface area contributed by atoms with E-state index in [0.29, 0.717) is 0 Å². The van der Waals surface area contributed by atoms with Gasteiger partial charge in [-0.15, -0.1) is 0 Å². The lowest BCUT2D eigenvalue weighted by Gasteiger charge is -2.05. The molecule has 6 heteroatoms. The molecule has 0 atom stereocenters. The topological polar surface area (TPSA) is 61.0 Å². The molecule has 0 fully saturated rings. The first-order chi connectivity index (χ1) is 7.66. The normalized spacial score (nSPS) is 10.1. The van der Waals surface area contributed by atoms with Crippen LogP contribution in [0.25, 0.3) is 0 Å². The molecule has 82 valence electrons. The summed E-state index contributed by atoms with van der Waals surface area (Å²) in [5, 5.41) is 0. The van der Waals surface area contributed by atoms with Gasteiger partial charge in [0.05, 0.1) is 0 Å². The zero-order valence-corrected chi connectivity index (χ0v) is 8.02. The molecule has 1 aromatic heterocycles. The van der Waals surface area contributed by atoms with Gasteiger partial charge in [-0.25, -0.2) is 18.7 Å². The largest absolute Gasteiger partial charge is 0.436 e. The highest BCUT2D eigenvalue weighted by Crippen LogP contribution is 2.24. The van der Waals surface area contributed by atoms with Crippen LogP contribution in [-0.4, -0.2) is 9.97 Å². The molecule has 0 radical (unpaired) electrons. The molecule has 0 aliphatic rings. The van der Waals surface area contributed by atoms with Crippen molar-refractivity contribution in [2.75, 3.05) is 5.73 Å². The fraction of sp³-hybridized carbons (Fsp3) is 0. The lowest BCUT2D eigenvalue weighted by Crippen LogP contribution is -1.97. The van der Waals surface area contributed by atoms with Gasteiger partial charge < -0.3 is 10.5 Å². The van der Waals surface area contributed by atoms with Crippen LogP contribution < -0.4 is 10.5 Å². The number of benzene rings is 1. The van der Waals surface area contributed by atoms with Gasteiger partial charge in [-0.2, -0.15) is 0 Å². The first kappa shape index (κ1) is 10.3. The number of ether oxygens (including phenoxy) is 1. The van der Waals surface area contributed by atoms with E-state index in [9.17, 15) is 8.78 Å². The Labute approximate surface area is 89.7 Å². The third-order valence-corrected chi connectivity index (χ3v) is 1.80. The fourth-order valence-electron chi connectivity index (χ4n) is 1.07. The van der Waals surface area contributed by atoms with E-state index in [-0.39, 0.29) is 17.4 Å². The van der Waals surface area contributed by atoms with Crippen LogP contribution in [0.5, 0.6) is 11.6 Å². The molecule has 0 amide bonds. The van der Waals surface area contributed by atoms with Gasteiger partial charge in [0.15, 0.2) is 17.5 Å². The molecule has 0 bridgehead atoms. The third kappa shape index (κ3) is 2.05. The first-order valence-electron chi connectivity index (χ1n) is 4.36. The summed E-state index contributed by atoms with van der Waals surface area (Å²) in [4.78, 5) is 7.54. The quantitative estimate of drug-likeness (QED) is 0.847. The molecule has 1 aromatic carbocycles. The molecule has 0 saturated heterocycles. The Bertz CT molecular complexity index is 519. The second-order valence-corrected chi connectivity index (χ2v) is 2.92. The fourth-order valence-corrected chi connectivity index (χ4v) is 1.07. The van der Waals surface area contributed by atoms with Gasteiger partial charge in [0.1, 0.15) is 5.75 Å². The zero-order chi connectivity index (χ0) is 11.5. The molecule has 1 heterocycles. The van der Waals surface area contributed by atoms with E-state index in [0.717, 1.165) is 12.1 Å². The number of halogens is 2. The van der Waals surface area contributed by atoms with Crippen molar-refractivity contribution >= 4 is 5.82 Å². The molecule has 16 heavy (non-hydrogen) atoms. The Morgan fingerprint density at radius 2 is 1.81 bits per heavy atom. The molecule has 2 N–H and O–H groups in total. The van der Waals surface area contributed by atoms with Gasteiger partial charge in [0.25, 0.3) is 5.88 Å². The molecule has 0 aliphatic heterocycles. The maximum Gasteiger partial charge on any atom is 0.262 e. The highest BCUT2D eigenvalue weighted by Gasteiger charge is 2.07. The molecule has 2 rings (SSSR count). The van der Waals surface area contributed by atoms with Crippen molar-refractivity contribution in [1.29, 1.82) is 0 Å². The number of hydrogen-bond acceptors (Lipinski definition) is 4. The van der Waals surface area contributed by atoms with Gasteiger partial charge >= 0.3 is 0 Å². The molecule has 2 aromatic rings. The van der Waals surface area contributed by atoms with Crippen molar-refractivity contribution in [2.24, 2.45) is 0 Å². The lowest BCUT2D eigenvalue weighted by molar-refractivity contribution is 0.448. The smallest absolute Gasteiger partial charge is 0.262 e. The Balaban J connectivity index is 2.28. The van der Waals surface area contributed by atoms with E-state index in [1.165, 1.54) is 18.5 Å². The maximum absolute atomic E-state index is 12.9.